The predicted octanol–water partition coefficient (Wildman–Crippen LogP) is 4.64. The SMILES string of the molecule is CCN(C(=O)n1nnc(-c2ccc(F)cc2)c1-c1ccncc1)c1ccccc1. The summed E-state index contributed by atoms with van der Waals surface area (Å²) in [4.78, 5) is 19.0. The number of amides is 1. The molecule has 0 spiro atoms. The zero-order chi connectivity index (χ0) is 20.2. The quantitative estimate of drug-likeness (QED) is 0.512. The van der Waals surface area contributed by atoms with Crippen LogP contribution in [-0.4, -0.2) is 32.6 Å². The molecule has 0 aliphatic heterocycles. The average molecular weight is 387 g/mol. The fraction of sp³-hybridized carbons (Fsp3) is 0.0909. The van der Waals surface area contributed by atoms with E-state index in [0.29, 0.717) is 23.5 Å². The van der Waals surface area contributed by atoms with Gasteiger partial charge in [0.25, 0.3) is 0 Å². The number of nitrogens with zero attached hydrogens (tertiary/aromatic N) is 5. The number of aromatic nitrogens is 4. The smallest absolute Gasteiger partial charge is 0.293 e. The van der Waals surface area contributed by atoms with E-state index >= 15 is 0 Å². The molecule has 144 valence electrons. The van der Waals surface area contributed by atoms with Crippen LogP contribution in [0.3, 0.4) is 0 Å². The molecule has 4 aromatic rings. The van der Waals surface area contributed by atoms with Crippen LogP contribution in [0.4, 0.5) is 14.9 Å². The number of hydrogen-bond donors (Lipinski definition) is 0. The van der Waals surface area contributed by atoms with Gasteiger partial charge in [-0.3, -0.25) is 9.88 Å². The van der Waals surface area contributed by atoms with E-state index in [4.69, 9.17) is 0 Å². The maximum atomic E-state index is 13.4. The fourth-order valence-corrected chi connectivity index (χ4v) is 3.14. The highest BCUT2D eigenvalue weighted by molar-refractivity contribution is 5.97. The Kier molecular flexibility index (Phi) is 5.11. The Balaban J connectivity index is 1.85. The zero-order valence-corrected chi connectivity index (χ0v) is 15.7. The van der Waals surface area contributed by atoms with Crippen molar-refractivity contribution >= 4 is 11.7 Å². The Morgan fingerprint density at radius 3 is 2.31 bits per heavy atom. The third kappa shape index (κ3) is 3.62. The second-order valence-electron chi connectivity index (χ2n) is 6.30. The van der Waals surface area contributed by atoms with Gasteiger partial charge in [-0.1, -0.05) is 23.4 Å². The number of rotatable bonds is 4. The van der Waals surface area contributed by atoms with Crippen LogP contribution in [0, 0.1) is 5.82 Å². The number of hydrogen-bond acceptors (Lipinski definition) is 4. The standard InChI is InChI=1S/C22H18FN5O/c1-2-27(19-6-4-3-5-7-19)22(29)28-21(17-12-14-24-15-13-17)20(25-26-28)16-8-10-18(23)11-9-16/h3-15H,2H2,1H3. The van der Waals surface area contributed by atoms with E-state index in [-0.39, 0.29) is 11.8 Å². The Labute approximate surface area is 167 Å². The number of benzene rings is 2. The summed E-state index contributed by atoms with van der Waals surface area (Å²) < 4.78 is 14.7. The van der Waals surface area contributed by atoms with Crippen LogP contribution in [0.1, 0.15) is 6.92 Å². The van der Waals surface area contributed by atoms with E-state index in [1.54, 1.807) is 41.6 Å². The molecule has 2 aromatic carbocycles. The van der Waals surface area contributed by atoms with E-state index in [2.05, 4.69) is 15.3 Å². The van der Waals surface area contributed by atoms with E-state index in [0.717, 1.165) is 11.3 Å². The van der Waals surface area contributed by atoms with Crippen LogP contribution in [0.25, 0.3) is 22.5 Å². The second kappa shape index (κ2) is 8.02. The first-order valence-corrected chi connectivity index (χ1v) is 9.18. The normalized spacial score (nSPS) is 10.7. The molecule has 1 amide bonds. The molecule has 0 radical (unpaired) electrons. The highest BCUT2D eigenvalue weighted by Gasteiger charge is 2.25. The average Bonchev–Trinajstić information content (AvgIpc) is 3.21. The second-order valence-corrected chi connectivity index (χ2v) is 6.30. The van der Waals surface area contributed by atoms with Crippen molar-refractivity contribution in [1.29, 1.82) is 0 Å². The van der Waals surface area contributed by atoms with Gasteiger partial charge in [0.15, 0.2) is 0 Å². The number of anilines is 1. The first kappa shape index (κ1) is 18.5. The van der Waals surface area contributed by atoms with Crippen molar-refractivity contribution < 1.29 is 9.18 Å². The lowest BCUT2D eigenvalue weighted by atomic mass is 10.1. The van der Waals surface area contributed by atoms with Crippen LogP contribution >= 0.6 is 0 Å². The summed E-state index contributed by atoms with van der Waals surface area (Å²) in [6.07, 6.45) is 3.28. The highest BCUT2D eigenvalue weighted by Crippen LogP contribution is 2.31. The third-order valence-corrected chi connectivity index (χ3v) is 4.54. The summed E-state index contributed by atoms with van der Waals surface area (Å²) in [6.45, 7) is 2.36. The molecule has 0 N–H and O–H groups in total. The van der Waals surface area contributed by atoms with Crippen molar-refractivity contribution in [3.63, 3.8) is 0 Å². The predicted molar refractivity (Wildman–Crippen MR) is 109 cm³/mol. The first-order valence-electron chi connectivity index (χ1n) is 9.18. The lowest BCUT2D eigenvalue weighted by Crippen LogP contribution is -2.35. The van der Waals surface area contributed by atoms with Gasteiger partial charge in [-0.2, -0.15) is 4.68 Å². The van der Waals surface area contributed by atoms with Crippen molar-refractivity contribution in [2.45, 2.75) is 6.92 Å². The van der Waals surface area contributed by atoms with Crippen LogP contribution in [0.5, 0.6) is 0 Å². The molecule has 7 heteroatoms. The summed E-state index contributed by atoms with van der Waals surface area (Å²) in [5.41, 5.74) is 3.19. The molecule has 29 heavy (non-hydrogen) atoms. The molecule has 2 heterocycles. The van der Waals surface area contributed by atoms with Crippen molar-refractivity contribution in [3.8, 4) is 22.5 Å². The molecule has 0 fully saturated rings. The molecule has 0 bridgehead atoms. The largest absolute Gasteiger partial charge is 0.351 e. The van der Waals surface area contributed by atoms with Crippen LogP contribution in [-0.2, 0) is 0 Å². The van der Waals surface area contributed by atoms with E-state index in [1.807, 2.05) is 37.3 Å². The van der Waals surface area contributed by atoms with Crippen LogP contribution in [0.2, 0.25) is 0 Å². The number of para-hydroxylation sites is 1. The van der Waals surface area contributed by atoms with Crippen molar-refractivity contribution in [1.82, 2.24) is 20.0 Å². The lowest BCUT2D eigenvalue weighted by Gasteiger charge is -2.21. The number of carbonyl (C=O) groups is 1. The van der Waals surface area contributed by atoms with Crippen molar-refractivity contribution in [2.24, 2.45) is 0 Å². The Morgan fingerprint density at radius 2 is 1.66 bits per heavy atom. The Bertz CT molecular complexity index is 1110. The highest BCUT2D eigenvalue weighted by atomic mass is 19.1. The fourth-order valence-electron chi connectivity index (χ4n) is 3.14. The maximum absolute atomic E-state index is 13.4. The minimum atomic E-state index is -0.344. The van der Waals surface area contributed by atoms with Gasteiger partial charge in [-0.25, -0.2) is 9.18 Å². The monoisotopic (exact) mass is 387 g/mol. The Hall–Kier alpha value is -3.87. The molecular weight excluding hydrogens is 369 g/mol. The van der Waals surface area contributed by atoms with Gasteiger partial charge in [0.1, 0.15) is 17.2 Å². The van der Waals surface area contributed by atoms with Gasteiger partial charge in [-0.05, 0) is 55.5 Å². The molecule has 0 aliphatic rings. The van der Waals surface area contributed by atoms with Gasteiger partial charge >= 0.3 is 6.03 Å². The number of pyridine rings is 1. The summed E-state index contributed by atoms with van der Waals surface area (Å²) >= 11 is 0. The van der Waals surface area contributed by atoms with Crippen molar-refractivity contribution in [2.75, 3.05) is 11.4 Å². The summed E-state index contributed by atoms with van der Waals surface area (Å²) in [5, 5.41) is 8.39. The molecule has 6 nitrogen and oxygen atoms in total. The molecule has 4 rings (SSSR count). The van der Waals surface area contributed by atoms with E-state index in [1.165, 1.54) is 16.8 Å². The zero-order valence-electron chi connectivity index (χ0n) is 15.7. The maximum Gasteiger partial charge on any atom is 0.351 e. The molecule has 0 saturated heterocycles. The van der Waals surface area contributed by atoms with E-state index in [9.17, 15) is 9.18 Å². The minimum absolute atomic E-state index is 0.327. The van der Waals surface area contributed by atoms with Gasteiger partial charge in [0.2, 0.25) is 0 Å². The lowest BCUT2D eigenvalue weighted by molar-refractivity contribution is 0.245. The molecular formula is C22H18FN5O. The van der Waals surface area contributed by atoms with Gasteiger partial charge in [0.05, 0.1) is 0 Å². The first-order chi connectivity index (χ1) is 14.2. The third-order valence-electron chi connectivity index (χ3n) is 4.54. The van der Waals surface area contributed by atoms with Gasteiger partial charge in [0, 0.05) is 35.8 Å². The minimum Gasteiger partial charge on any atom is -0.293 e. The van der Waals surface area contributed by atoms with Crippen molar-refractivity contribution in [3.05, 3.63) is 84.9 Å². The summed E-state index contributed by atoms with van der Waals surface area (Å²) in [6, 6.07) is 18.6. The molecule has 0 unspecified atom stereocenters. The van der Waals surface area contributed by atoms with Gasteiger partial charge in [-0.15, -0.1) is 5.10 Å². The topological polar surface area (TPSA) is 63.9 Å². The Morgan fingerprint density at radius 1 is 0.966 bits per heavy atom. The molecule has 2 aromatic heterocycles. The number of carbonyl (C=O) groups excluding carboxylic acids is 1. The summed E-state index contributed by atoms with van der Waals surface area (Å²) in [5.74, 6) is -0.344. The van der Waals surface area contributed by atoms with Crippen LogP contribution in [0.15, 0.2) is 79.1 Å². The van der Waals surface area contributed by atoms with E-state index < -0.39 is 0 Å². The van der Waals surface area contributed by atoms with Gasteiger partial charge < -0.3 is 0 Å². The molecule has 0 aliphatic carbocycles. The molecule has 0 saturated carbocycles. The molecule has 0 atom stereocenters. The number of halogens is 1. The van der Waals surface area contributed by atoms with Crippen LogP contribution < -0.4 is 4.90 Å². The summed E-state index contributed by atoms with van der Waals surface area (Å²) in [7, 11) is 0.